The van der Waals surface area contributed by atoms with Crippen molar-refractivity contribution in [3.63, 3.8) is 0 Å². The molecule has 0 bridgehead atoms. The zero-order valence-corrected chi connectivity index (χ0v) is 11.4. The third-order valence-corrected chi connectivity index (χ3v) is 4.39. The topological polar surface area (TPSA) is 83.6 Å². The van der Waals surface area contributed by atoms with E-state index < -0.39 is 15.4 Å². The molecule has 1 aliphatic rings. The van der Waals surface area contributed by atoms with Crippen molar-refractivity contribution in [3.8, 4) is 0 Å². The second kappa shape index (κ2) is 4.13. The fourth-order valence-corrected chi connectivity index (χ4v) is 3.11. The third kappa shape index (κ3) is 2.44. The first-order valence-electron chi connectivity index (χ1n) is 5.77. The van der Waals surface area contributed by atoms with Crippen molar-refractivity contribution in [1.29, 1.82) is 0 Å². The molecule has 2 rings (SSSR count). The number of hydrogen-bond donors (Lipinski definition) is 2. The van der Waals surface area contributed by atoms with E-state index >= 15 is 0 Å². The Bertz CT molecular complexity index is 567. The van der Waals surface area contributed by atoms with Gasteiger partial charge in [0, 0.05) is 19.3 Å². The highest BCUT2D eigenvalue weighted by molar-refractivity contribution is 7.90. The van der Waals surface area contributed by atoms with Gasteiger partial charge < -0.3 is 15.7 Å². The van der Waals surface area contributed by atoms with Gasteiger partial charge in [-0.1, -0.05) is 6.07 Å². The largest absolute Gasteiger partial charge is 0.396 e. The molecule has 1 unspecified atom stereocenters. The lowest BCUT2D eigenvalue weighted by atomic mass is 10.1. The molecule has 1 aliphatic heterocycles. The van der Waals surface area contributed by atoms with Gasteiger partial charge in [-0.15, -0.1) is 0 Å². The highest BCUT2D eigenvalue weighted by Crippen LogP contribution is 2.34. The monoisotopic (exact) mass is 270 g/mol. The average Bonchev–Trinajstić information content (AvgIpc) is 2.57. The van der Waals surface area contributed by atoms with Crippen LogP contribution >= 0.6 is 0 Å². The molecule has 0 aliphatic carbocycles. The van der Waals surface area contributed by atoms with Crippen molar-refractivity contribution in [2.24, 2.45) is 0 Å². The minimum absolute atomic E-state index is 0.145. The Balaban J connectivity index is 2.42. The summed E-state index contributed by atoms with van der Waals surface area (Å²) >= 11 is 0. The van der Waals surface area contributed by atoms with Crippen molar-refractivity contribution in [1.82, 2.24) is 0 Å². The van der Waals surface area contributed by atoms with Crippen molar-refractivity contribution in [2.45, 2.75) is 23.8 Å². The predicted octanol–water partition coefficient (Wildman–Crippen LogP) is 0.633. The Labute approximate surface area is 107 Å². The van der Waals surface area contributed by atoms with E-state index in [1.54, 1.807) is 19.1 Å². The minimum Gasteiger partial charge on any atom is -0.396 e. The number of anilines is 2. The first-order chi connectivity index (χ1) is 8.21. The number of para-hydroxylation sites is 1. The zero-order valence-electron chi connectivity index (χ0n) is 10.5. The van der Waals surface area contributed by atoms with Gasteiger partial charge in [0.05, 0.1) is 21.9 Å². The van der Waals surface area contributed by atoms with E-state index in [1.807, 2.05) is 4.90 Å². The molecular formula is C12H18N2O3S. The highest BCUT2D eigenvalue weighted by Gasteiger charge is 2.32. The Morgan fingerprint density at radius 3 is 2.61 bits per heavy atom. The van der Waals surface area contributed by atoms with E-state index in [0.29, 0.717) is 25.2 Å². The van der Waals surface area contributed by atoms with Crippen LogP contribution in [0.25, 0.3) is 0 Å². The molecule has 1 aromatic rings. The van der Waals surface area contributed by atoms with Gasteiger partial charge in [0.2, 0.25) is 0 Å². The Morgan fingerprint density at radius 2 is 2.11 bits per heavy atom. The molecule has 0 radical (unpaired) electrons. The molecule has 5 nitrogen and oxygen atoms in total. The number of nitrogen functional groups attached to an aromatic ring is 1. The molecule has 1 aromatic carbocycles. The fraction of sp³-hybridized carbons (Fsp3) is 0.500. The lowest BCUT2D eigenvalue weighted by Gasteiger charge is -2.23. The molecule has 3 N–H and O–H groups in total. The number of nitrogens with zero attached hydrogens (tertiary/aromatic N) is 1. The van der Waals surface area contributed by atoms with Crippen LogP contribution in [0.1, 0.15) is 13.3 Å². The average molecular weight is 270 g/mol. The molecular weight excluding hydrogens is 252 g/mol. The fourth-order valence-electron chi connectivity index (χ4n) is 2.28. The van der Waals surface area contributed by atoms with E-state index in [4.69, 9.17) is 5.73 Å². The summed E-state index contributed by atoms with van der Waals surface area (Å²) in [6.07, 6.45) is 1.79. The maximum absolute atomic E-state index is 11.6. The summed E-state index contributed by atoms with van der Waals surface area (Å²) in [5.41, 5.74) is 6.13. The van der Waals surface area contributed by atoms with Gasteiger partial charge in [-0.2, -0.15) is 0 Å². The number of rotatable bonds is 2. The van der Waals surface area contributed by atoms with Crippen molar-refractivity contribution < 1.29 is 13.5 Å². The second-order valence-electron chi connectivity index (χ2n) is 5.13. The summed E-state index contributed by atoms with van der Waals surface area (Å²) in [6, 6.07) is 4.96. The van der Waals surface area contributed by atoms with Gasteiger partial charge in [0.15, 0.2) is 9.84 Å². The normalized spacial score (nSPS) is 24.5. The standard InChI is InChI=1S/C12H18N2O3S/c1-12(15)6-7-14(8-12)9-4-3-5-10(11(9)13)18(2,16)17/h3-5,15H,6-8,13H2,1-2H3. The molecule has 6 heteroatoms. The van der Waals surface area contributed by atoms with Gasteiger partial charge in [-0.3, -0.25) is 0 Å². The van der Waals surface area contributed by atoms with Crippen LogP contribution in [0.4, 0.5) is 11.4 Å². The van der Waals surface area contributed by atoms with Gasteiger partial charge in [0.25, 0.3) is 0 Å². The van der Waals surface area contributed by atoms with Crippen molar-refractivity contribution in [2.75, 3.05) is 30.0 Å². The molecule has 1 fully saturated rings. The first-order valence-corrected chi connectivity index (χ1v) is 7.66. The maximum atomic E-state index is 11.6. The van der Waals surface area contributed by atoms with Crippen LogP contribution in [0, 0.1) is 0 Å². The third-order valence-electron chi connectivity index (χ3n) is 3.24. The SMILES string of the molecule is CC1(O)CCN(c2cccc(S(C)(=O)=O)c2N)C1. The summed E-state index contributed by atoms with van der Waals surface area (Å²) < 4.78 is 23.2. The van der Waals surface area contributed by atoms with E-state index in [-0.39, 0.29) is 10.6 Å². The van der Waals surface area contributed by atoms with Crippen LogP contribution < -0.4 is 10.6 Å². The van der Waals surface area contributed by atoms with E-state index in [2.05, 4.69) is 0 Å². The summed E-state index contributed by atoms with van der Waals surface area (Å²) in [5.74, 6) is 0. The van der Waals surface area contributed by atoms with Crippen LogP contribution in [-0.2, 0) is 9.84 Å². The van der Waals surface area contributed by atoms with Crippen molar-refractivity contribution >= 4 is 21.2 Å². The Hall–Kier alpha value is -1.27. The van der Waals surface area contributed by atoms with Crippen molar-refractivity contribution in [3.05, 3.63) is 18.2 Å². The number of hydrogen-bond acceptors (Lipinski definition) is 5. The second-order valence-corrected chi connectivity index (χ2v) is 7.11. The molecule has 0 aromatic heterocycles. The number of sulfone groups is 1. The summed E-state index contributed by atoms with van der Waals surface area (Å²) in [7, 11) is -3.33. The van der Waals surface area contributed by atoms with Crippen LogP contribution in [0.5, 0.6) is 0 Å². The number of benzene rings is 1. The lowest BCUT2D eigenvalue weighted by Crippen LogP contribution is -2.30. The Morgan fingerprint density at radius 1 is 1.44 bits per heavy atom. The van der Waals surface area contributed by atoms with E-state index in [0.717, 1.165) is 6.26 Å². The van der Waals surface area contributed by atoms with Crippen LogP contribution in [0.2, 0.25) is 0 Å². The zero-order chi connectivity index (χ0) is 13.6. The van der Waals surface area contributed by atoms with Crippen LogP contribution in [0.3, 0.4) is 0 Å². The molecule has 1 atom stereocenters. The lowest BCUT2D eigenvalue weighted by molar-refractivity contribution is 0.0839. The highest BCUT2D eigenvalue weighted by atomic mass is 32.2. The summed E-state index contributed by atoms with van der Waals surface area (Å²) in [6.45, 7) is 2.90. The molecule has 18 heavy (non-hydrogen) atoms. The molecule has 100 valence electrons. The molecule has 0 spiro atoms. The van der Waals surface area contributed by atoms with Crippen LogP contribution in [-0.4, -0.2) is 38.5 Å². The summed E-state index contributed by atoms with van der Waals surface area (Å²) in [4.78, 5) is 2.07. The summed E-state index contributed by atoms with van der Waals surface area (Å²) in [5, 5.41) is 9.95. The molecule has 0 amide bonds. The number of aliphatic hydroxyl groups is 1. The van der Waals surface area contributed by atoms with Gasteiger partial charge in [0.1, 0.15) is 0 Å². The maximum Gasteiger partial charge on any atom is 0.177 e. The van der Waals surface area contributed by atoms with Gasteiger partial charge >= 0.3 is 0 Å². The first kappa shape index (κ1) is 13.2. The van der Waals surface area contributed by atoms with Crippen LogP contribution in [0.15, 0.2) is 23.1 Å². The van der Waals surface area contributed by atoms with Gasteiger partial charge in [-0.25, -0.2) is 8.42 Å². The minimum atomic E-state index is -3.33. The molecule has 1 heterocycles. The van der Waals surface area contributed by atoms with E-state index in [1.165, 1.54) is 6.07 Å². The molecule has 0 saturated carbocycles. The van der Waals surface area contributed by atoms with Gasteiger partial charge in [-0.05, 0) is 25.5 Å². The quantitative estimate of drug-likeness (QED) is 0.770. The smallest absolute Gasteiger partial charge is 0.177 e. The number of β-amino-alcohol motifs (C(OH)–C–C–N with tert-alkyl or cyclic N) is 1. The predicted molar refractivity (Wildman–Crippen MR) is 71.4 cm³/mol. The molecule has 1 saturated heterocycles. The van der Waals surface area contributed by atoms with E-state index in [9.17, 15) is 13.5 Å². The Kier molecular flexibility index (Phi) is 3.03. The number of nitrogens with two attached hydrogens (primary N) is 1.